The van der Waals surface area contributed by atoms with Crippen LogP contribution in [0, 0.1) is 0 Å². The molecule has 0 aromatic heterocycles. The molecule has 0 bridgehead atoms. The highest BCUT2D eigenvalue weighted by Gasteiger charge is 2.37. The first kappa shape index (κ1) is 12.2. The molecule has 2 N–H and O–H groups in total. The average molecular weight is 265 g/mol. The van der Waals surface area contributed by atoms with Gasteiger partial charge >= 0.3 is 0 Å². The summed E-state index contributed by atoms with van der Waals surface area (Å²) in [5.74, 6) is 0. The van der Waals surface area contributed by atoms with Gasteiger partial charge in [0, 0.05) is 5.54 Å². The van der Waals surface area contributed by atoms with Crippen LogP contribution >= 0.6 is 0 Å². The lowest BCUT2D eigenvalue weighted by molar-refractivity contribution is 0.461. The number of nitrogens with two attached hydrogens (primary N) is 1. The van der Waals surface area contributed by atoms with Crippen LogP contribution in [0.2, 0.25) is 0 Å². The molecule has 0 amide bonds. The monoisotopic (exact) mass is 265 g/mol. The van der Waals surface area contributed by atoms with Crippen LogP contribution in [0.15, 0.2) is 29.2 Å². The fourth-order valence-corrected chi connectivity index (χ4v) is 4.50. The summed E-state index contributed by atoms with van der Waals surface area (Å²) in [5.41, 5.74) is 7.21. The van der Waals surface area contributed by atoms with Crippen molar-refractivity contribution in [3.8, 4) is 0 Å². The van der Waals surface area contributed by atoms with Crippen LogP contribution in [0.1, 0.15) is 44.1 Å². The molecular formula is C14H19NO2S. The zero-order valence-electron chi connectivity index (χ0n) is 10.4. The van der Waals surface area contributed by atoms with Gasteiger partial charge in [0.1, 0.15) is 0 Å². The van der Waals surface area contributed by atoms with Crippen molar-refractivity contribution >= 4 is 9.84 Å². The van der Waals surface area contributed by atoms with Crippen molar-refractivity contribution in [2.45, 2.75) is 54.2 Å². The van der Waals surface area contributed by atoms with E-state index in [-0.39, 0.29) is 10.8 Å². The summed E-state index contributed by atoms with van der Waals surface area (Å²) in [6.45, 7) is 0. The predicted octanol–water partition coefficient (Wildman–Crippen LogP) is 2.35. The van der Waals surface area contributed by atoms with Crippen LogP contribution in [-0.4, -0.2) is 13.7 Å². The standard InChI is InChI=1S/C14H19NO2S/c15-14(9-1-2-10-14)11-3-5-12(6-4-11)18(16,17)13-7-8-13/h3-6,13H,1-2,7-10,15H2. The Hall–Kier alpha value is -0.870. The van der Waals surface area contributed by atoms with Gasteiger partial charge in [0.2, 0.25) is 0 Å². The Morgan fingerprint density at radius 1 is 1.06 bits per heavy atom. The molecule has 2 saturated carbocycles. The van der Waals surface area contributed by atoms with Gasteiger partial charge in [0.05, 0.1) is 10.1 Å². The minimum absolute atomic E-state index is 0.137. The van der Waals surface area contributed by atoms with Gasteiger partial charge in [0.25, 0.3) is 0 Å². The van der Waals surface area contributed by atoms with Crippen LogP contribution in [0.25, 0.3) is 0 Å². The van der Waals surface area contributed by atoms with Crippen molar-refractivity contribution in [1.82, 2.24) is 0 Å². The lowest BCUT2D eigenvalue weighted by atomic mass is 9.90. The molecule has 0 heterocycles. The molecular weight excluding hydrogens is 246 g/mol. The Labute approximate surface area is 108 Å². The van der Waals surface area contributed by atoms with Crippen molar-refractivity contribution in [1.29, 1.82) is 0 Å². The maximum absolute atomic E-state index is 12.1. The molecule has 2 aliphatic carbocycles. The molecule has 3 nitrogen and oxygen atoms in total. The maximum atomic E-state index is 12.1. The van der Waals surface area contributed by atoms with E-state index >= 15 is 0 Å². The Morgan fingerprint density at radius 3 is 2.11 bits per heavy atom. The van der Waals surface area contributed by atoms with Crippen LogP contribution in [0.3, 0.4) is 0 Å². The van der Waals surface area contributed by atoms with Gasteiger partial charge in [-0.1, -0.05) is 25.0 Å². The average Bonchev–Trinajstić information content (AvgIpc) is 3.14. The number of rotatable bonds is 3. The van der Waals surface area contributed by atoms with E-state index < -0.39 is 9.84 Å². The first-order valence-corrected chi connectivity index (χ1v) is 8.20. The Bertz CT molecular complexity index is 538. The molecule has 4 heteroatoms. The lowest BCUT2D eigenvalue weighted by Gasteiger charge is -2.24. The van der Waals surface area contributed by atoms with Gasteiger partial charge in [-0.15, -0.1) is 0 Å². The number of hydrogen-bond acceptors (Lipinski definition) is 3. The fraction of sp³-hybridized carbons (Fsp3) is 0.571. The smallest absolute Gasteiger partial charge is 0.181 e. The van der Waals surface area contributed by atoms with E-state index in [9.17, 15) is 8.42 Å². The number of sulfone groups is 1. The van der Waals surface area contributed by atoms with Gasteiger partial charge in [0.15, 0.2) is 9.84 Å². The van der Waals surface area contributed by atoms with E-state index in [1.165, 1.54) is 12.8 Å². The van der Waals surface area contributed by atoms with Gasteiger partial charge in [-0.05, 0) is 43.4 Å². The highest BCUT2D eigenvalue weighted by atomic mass is 32.2. The molecule has 0 spiro atoms. The molecule has 0 radical (unpaired) electrons. The predicted molar refractivity (Wildman–Crippen MR) is 71.0 cm³/mol. The van der Waals surface area contributed by atoms with Crippen molar-refractivity contribution in [2.75, 3.05) is 0 Å². The molecule has 2 fully saturated rings. The number of hydrogen-bond donors (Lipinski definition) is 1. The third-order valence-electron chi connectivity index (χ3n) is 4.22. The molecule has 0 unspecified atom stereocenters. The molecule has 1 aromatic rings. The molecule has 0 aliphatic heterocycles. The minimum Gasteiger partial charge on any atom is -0.321 e. The van der Waals surface area contributed by atoms with Crippen LogP contribution in [0.4, 0.5) is 0 Å². The molecule has 0 saturated heterocycles. The highest BCUT2D eigenvalue weighted by molar-refractivity contribution is 7.92. The largest absolute Gasteiger partial charge is 0.321 e. The summed E-state index contributed by atoms with van der Waals surface area (Å²) in [5, 5.41) is -0.137. The Morgan fingerprint density at radius 2 is 1.61 bits per heavy atom. The topological polar surface area (TPSA) is 60.2 Å². The molecule has 18 heavy (non-hydrogen) atoms. The highest BCUT2D eigenvalue weighted by Crippen LogP contribution is 2.38. The Balaban J connectivity index is 1.89. The summed E-state index contributed by atoms with van der Waals surface area (Å²) < 4.78 is 24.2. The summed E-state index contributed by atoms with van der Waals surface area (Å²) in [6.07, 6.45) is 5.95. The molecule has 98 valence electrons. The molecule has 3 rings (SSSR count). The molecule has 0 atom stereocenters. The van der Waals surface area contributed by atoms with E-state index in [0.29, 0.717) is 4.90 Å². The third kappa shape index (κ3) is 1.97. The SMILES string of the molecule is NC1(c2ccc(S(=O)(=O)C3CC3)cc2)CCCC1. The van der Waals surface area contributed by atoms with E-state index in [4.69, 9.17) is 5.73 Å². The van der Waals surface area contributed by atoms with Crippen LogP contribution in [-0.2, 0) is 15.4 Å². The molecule has 1 aromatic carbocycles. The second kappa shape index (κ2) is 4.07. The van der Waals surface area contributed by atoms with Gasteiger partial charge in [-0.2, -0.15) is 0 Å². The Kier molecular flexibility index (Phi) is 2.75. The van der Waals surface area contributed by atoms with Gasteiger partial charge in [-0.3, -0.25) is 0 Å². The number of benzene rings is 1. The lowest BCUT2D eigenvalue weighted by Crippen LogP contribution is -2.33. The van der Waals surface area contributed by atoms with Crippen LogP contribution < -0.4 is 5.73 Å². The van der Waals surface area contributed by atoms with Crippen molar-refractivity contribution in [2.24, 2.45) is 5.73 Å². The first-order valence-electron chi connectivity index (χ1n) is 6.66. The summed E-state index contributed by atoms with van der Waals surface area (Å²) in [4.78, 5) is 0.454. The second-order valence-corrected chi connectivity index (χ2v) is 7.86. The van der Waals surface area contributed by atoms with Gasteiger partial charge < -0.3 is 5.73 Å². The zero-order chi connectivity index (χ0) is 12.8. The molecule has 2 aliphatic rings. The van der Waals surface area contributed by atoms with Crippen LogP contribution in [0.5, 0.6) is 0 Å². The second-order valence-electron chi connectivity index (χ2n) is 5.63. The minimum atomic E-state index is -3.07. The van der Waals surface area contributed by atoms with E-state index in [0.717, 1.165) is 31.2 Å². The van der Waals surface area contributed by atoms with Crippen molar-refractivity contribution in [3.63, 3.8) is 0 Å². The quantitative estimate of drug-likeness (QED) is 0.912. The van der Waals surface area contributed by atoms with Crippen molar-refractivity contribution < 1.29 is 8.42 Å². The van der Waals surface area contributed by atoms with Gasteiger partial charge in [-0.25, -0.2) is 8.42 Å². The fourth-order valence-electron chi connectivity index (χ4n) is 2.84. The third-order valence-corrected chi connectivity index (χ3v) is 6.50. The van der Waals surface area contributed by atoms with Crippen molar-refractivity contribution in [3.05, 3.63) is 29.8 Å². The zero-order valence-corrected chi connectivity index (χ0v) is 11.2. The summed E-state index contributed by atoms with van der Waals surface area (Å²) in [6, 6.07) is 7.27. The van der Waals surface area contributed by atoms with E-state index in [1.807, 2.05) is 12.1 Å². The summed E-state index contributed by atoms with van der Waals surface area (Å²) in [7, 11) is -3.07. The maximum Gasteiger partial charge on any atom is 0.181 e. The first-order chi connectivity index (χ1) is 8.52. The van der Waals surface area contributed by atoms with E-state index in [2.05, 4.69) is 0 Å². The van der Waals surface area contributed by atoms with E-state index in [1.54, 1.807) is 12.1 Å². The normalized spacial score (nSPS) is 23.2. The summed E-state index contributed by atoms with van der Waals surface area (Å²) >= 11 is 0.